The number of hydrogen-bond donors (Lipinski definition) is 1. The third-order valence-electron chi connectivity index (χ3n) is 2.60. The number of hydrogen-bond acceptors (Lipinski definition) is 4. The first-order valence-electron chi connectivity index (χ1n) is 6.22. The van der Waals surface area contributed by atoms with E-state index in [2.05, 4.69) is 18.5 Å². The highest BCUT2D eigenvalue weighted by Crippen LogP contribution is 2.20. The molecule has 0 amide bonds. The van der Waals surface area contributed by atoms with E-state index in [4.69, 9.17) is 0 Å². The minimum Gasteiger partial charge on any atom is -0.493 e. The third kappa shape index (κ3) is 3.38. The number of allylic oxidation sites excluding steroid dienone is 1. The second-order valence-corrected chi connectivity index (χ2v) is 5.02. The fraction of sp³-hybridized carbons (Fsp3) is 0.538. The van der Waals surface area contributed by atoms with Gasteiger partial charge in [-0.25, -0.2) is 0 Å². The largest absolute Gasteiger partial charge is 0.493 e. The van der Waals surface area contributed by atoms with E-state index in [0.717, 1.165) is 18.6 Å². The molecular formula is C13H20N2O2S. The van der Waals surface area contributed by atoms with Crippen LogP contribution in [0.1, 0.15) is 32.3 Å². The maximum absolute atomic E-state index is 12.2. The van der Waals surface area contributed by atoms with Crippen LogP contribution in [0.2, 0.25) is 0 Å². The Labute approximate surface area is 112 Å². The Bertz CT molecular complexity index is 469. The molecule has 0 radical (unpaired) electrons. The fourth-order valence-electron chi connectivity index (χ4n) is 1.58. The van der Waals surface area contributed by atoms with Crippen molar-refractivity contribution in [3.63, 3.8) is 0 Å². The van der Waals surface area contributed by atoms with Crippen molar-refractivity contribution in [2.24, 2.45) is 0 Å². The summed E-state index contributed by atoms with van der Waals surface area (Å²) in [5, 5.41) is 10.3. The monoisotopic (exact) mass is 268 g/mol. The number of nitrogens with zero attached hydrogens (tertiary/aromatic N) is 2. The lowest BCUT2D eigenvalue weighted by molar-refractivity contribution is 0.427. The summed E-state index contributed by atoms with van der Waals surface area (Å²) < 4.78 is 1.58. The van der Waals surface area contributed by atoms with Crippen molar-refractivity contribution in [1.29, 1.82) is 0 Å². The molecule has 0 aromatic carbocycles. The van der Waals surface area contributed by atoms with Crippen molar-refractivity contribution in [3.8, 4) is 5.88 Å². The molecule has 100 valence electrons. The maximum atomic E-state index is 12.2. The number of thioether (sulfide) groups is 1. The molecule has 0 saturated carbocycles. The standard InChI is InChI=1S/C13H20N2O2S/c1-4-7-9-18-13-14-11(16)10(6-3)12(17)15(13)8-5-2/h5,16H,2,4,6-9H2,1,3H3. The van der Waals surface area contributed by atoms with E-state index in [1.165, 1.54) is 11.8 Å². The topological polar surface area (TPSA) is 55.1 Å². The summed E-state index contributed by atoms with van der Waals surface area (Å²) in [4.78, 5) is 16.3. The Balaban J connectivity index is 3.15. The van der Waals surface area contributed by atoms with Crippen LogP contribution in [0.25, 0.3) is 0 Å². The quantitative estimate of drug-likeness (QED) is 0.357. The molecule has 0 bridgehead atoms. The van der Waals surface area contributed by atoms with Gasteiger partial charge in [-0.05, 0) is 12.8 Å². The van der Waals surface area contributed by atoms with Crippen LogP contribution in [-0.4, -0.2) is 20.4 Å². The zero-order chi connectivity index (χ0) is 13.5. The number of aromatic hydroxyl groups is 1. The Morgan fingerprint density at radius 2 is 2.22 bits per heavy atom. The van der Waals surface area contributed by atoms with Crippen molar-refractivity contribution in [3.05, 3.63) is 28.6 Å². The first-order chi connectivity index (χ1) is 8.65. The number of aromatic nitrogens is 2. The highest BCUT2D eigenvalue weighted by Gasteiger charge is 2.14. The molecule has 0 aliphatic carbocycles. The highest BCUT2D eigenvalue weighted by atomic mass is 32.2. The summed E-state index contributed by atoms with van der Waals surface area (Å²) in [6, 6.07) is 0. The summed E-state index contributed by atoms with van der Waals surface area (Å²) >= 11 is 1.50. The molecular weight excluding hydrogens is 248 g/mol. The van der Waals surface area contributed by atoms with Gasteiger partial charge in [-0.2, -0.15) is 4.98 Å². The summed E-state index contributed by atoms with van der Waals surface area (Å²) in [6.45, 7) is 8.02. The molecule has 1 N–H and O–H groups in total. The van der Waals surface area contributed by atoms with E-state index in [-0.39, 0.29) is 11.4 Å². The Morgan fingerprint density at radius 3 is 2.78 bits per heavy atom. The Morgan fingerprint density at radius 1 is 1.50 bits per heavy atom. The van der Waals surface area contributed by atoms with Gasteiger partial charge in [-0.1, -0.05) is 38.1 Å². The molecule has 5 heteroatoms. The highest BCUT2D eigenvalue weighted by molar-refractivity contribution is 7.99. The molecule has 4 nitrogen and oxygen atoms in total. The summed E-state index contributed by atoms with van der Waals surface area (Å²) in [6.07, 6.45) is 4.31. The molecule has 0 spiro atoms. The van der Waals surface area contributed by atoms with Gasteiger partial charge in [0, 0.05) is 12.3 Å². The predicted molar refractivity (Wildman–Crippen MR) is 75.4 cm³/mol. The molecule has 0 unspecified atom stereocenters. The third-order valence-corrected chi connectivity index (χ3v) is 3.66. The van der Waals surface area contributed by atoms with Crippen molar-refractivity contribution in [1.82, 2.24) is 9.55 Å². The molecule has 18 heavy (non-hydrogen) atoms. The lowest BCUT2D eigenvalue weighted by Crippen LogP contribution is -2.26. The molecule has 0 aliphatic heterocycles. The average molecular weight is 268 g/mol. The number of unbranched alkanes of at least 4 members (excludes halogenated alkanes) is 1. The Kier molecular flexibility index (Phi) is 5.98. The minimum atomic E-state index is -0.163. The number of rotatable bonds is 7. The van der Waals surface area contributed by atoms with E-state index >= 15 is 0 Å². The summed E-state index contributed by atoms with van der Waals surface area (Å²) in [5.41, 5.74) is 0.209. The van der Waals surface area contributed by atoms with Gasteiger partial charge in [-0.15, -0.1) is 6.58 Å². The van der Waals surface area contributed by atoms with Crippen LogP contribution in [0.15, 0.2) is 22.6 Å². The van der Waals surface area contributed by atoms with Crippen LogP contribution in [-0.2, 0) is 13.0 Å². The summed E-state index contributed by atoms with van der Waals surface area (Å²) in [7, 11) is 0. The van der Waals surface area contributed by atoms with Gasteiger partial charge in [0.25, 0.3) is 5.56 Å². The minimum absolute atomic E-state index is 0.137. The fourth-order valence-corrected chi connectivity index (χ4v) is 2.66. The van der Waals surface area contributed by atoms with E-state index in [0.29, 0.717) is 23.7 Å². The lowest BCUT2D eigenvalue weighted by atomic mass is 10.2. The van der Waals surface area contributed by atoms with Crippen LogP contribution in [0, 0.1) is 0 Å². The van der Waals surface area contributed by atoms with E-state index < -0.39 is 0 Å². The van der Waals surface area contributed by atoms with Crippen LogP contribution in [0.3, 0.4) is 0 Å². The lowest BCUT2D eigenvalue weighted by Gasteiger charge is -2.12. The molecule has 0 fully saturated rings. The maximum Gasteiger partial charge on any atom is 0.261 e. The van der Waals surface area contributed by atoms with Crippen molar-refractivity contribution < 1.29 is 5.11 Å². The SMILES string of the molecule is C=CCn1c(SCCCC)nc(O)c(CC)c1=O. The predicted octanol–water partition coefficient (Wildman–Crippen LogP) is 2.59. The first kappa shape index (κ1) is 14.8. The van der Waals surface area contributed by atoms with Crippen molar-refractivity contribution in [2.75, 3.05) is 5.75 Å². The second-order valence-electron chi connectivity index (χ2n) is 3.96. The van der Waals surface area contributed by atoms with E-state index in [9.17, 15) is 9.90 Å². The molecule has 1 aromatic rings. The van der Waals surface area contributed by atoms with Gasteiger partial charge < -0.3 is 5.11 Å². The molecule has 1 rings (SSSR count). The van der Waals surface area contributed by atoms with Gasteiger partial charge >= 0.3 is 0 Å². The smallest absolute Gasteiger partial charge is 0.261 e. The summed E-state index contributed by atoms with van der Waals surface area (Å²) in [5.74, 6) is 0.757. The second kappa shape index (κ2) is 7.26. The van der Waals surface area contributed by atoms with Crippen LogP contribution < -0.4 is 5.56 Å². The van der Waals surface area contributed by atoms with Gasteiger partial charge in [0.15, 0.2) is 5.16 Å². The van der Waals surface area contributed by atoms with E-state index in [1.807, 2.05) is 6.92 Å². The molecule has 0 atom stereocenters. The van der Waals surface area contributed by atoms with Crippen molar-refractivity contribution >= 4 is 11.8 Å². The van der Waals surface area contributed by atoms with Gasteiger partial charge in [0.1, 0.15) is 0 Å². The van der Waals surface area contributed by atoms with Crippen LogP contribution in [0.5, 0.6) is 5.88 Å². The normalized spacial score (nSPS) is 10.6. The average Bonchev–Trinajstić information content (AvgIpc) is 2.34. The molecule has 0 saturated heterocycles. The van der Waals surface area contributed by atoms with Gasteiger partial charge in [0.05, 0.1) is 5.56 Å². The Hall–Kier alpha value is -1.23. The molecule has 1 heterocycles. The first-order valence-corrected chi connectivity index (χ1v) is 7.20. The van der Waals surface area contributed by atoms with Gasteiger partial charge in [-0.3, -0.25) is 9.36 Å². The zero-order valence-electron chi connectivity index (χ0n) is 11.0. The van der Waals surface area contributed by atoms with Crippen LogP contribution >= 0.6 is 11.8 Å². The van der Waals surface area contributed by atoms with E-state index in [1.54, 1.807) is 10.6 Å². The molecule has 0 aliphatic rings. The zero-order valence-corrected chi connectivity index (χ0v) is 11.8. The molecule has 1 aromatic heterocycles. The van der Waals surface area contributed by atoms with Gasteiger partial charge in [0.2, 0.25) is 5.88 Å². The van der Waals surface area contributed by atoms with Crippen LogP contribution in [0.4, 0.5) is 0 Å². The van der Waals surface area contributed by atoms with Crippen molar-refractivity contribution in [2.45, 2.75) is 44.8 Å².